The molecule has 4 aromatic rings. The lowest BCUT2D eigenvalue weighted by Crippen LogP contribution is -2.60. The summed E-state index contributed by atoms with van der Waals surface area (Å²) in [5.41, 5.74) is 6.28. The van der Waals surface area contributed by atoms with Crippen molar-refractivity contribution >= 4 is 17.5 Å². The SMILES string of the molecule is O=C(c1ccc2nccn2c1)C1CC2COCC(C1)N2C(=O)OCC1c2ccccc2-c2ccccc21. The first-order valence-corrected chi connectivity index (χ1v) is 12.9. The number of hydrogen-bond acceptors (Lipinski definition) is 5. The highest BCUT2D eigenvalue weighted by Crippen LogP contribution is 2.44. The van der Waals surface area contributed by atoms with Crippen molar-refractivity contribution in [2.75, 3.05) is 19.8 Å². The number of amides is 1. The molecule has 2 aromatic carbocycles. The summed E-state index contributed by atoms with van der Waals surface area (Å²) in [6, 6.07) is 20.0. The molecule has 7 heteroatoms. The van der Waals surface area contributed by atoms with Crippen LogP contribution in [0.15, 0.2) is 79.3 Å². The third-order valence-corrected chi connectivity index (χ3v) is 8.11. The van der Waals surface area contributed by atoms with Gasteiger partial charge in [-0.25, -0.2) is 9.78 Å². The Hall–Kier alpha value is -3.97. The van der Waals surface area contributed by atoms with E-state index in [0.29, 0.717) is 31.6 Å². The number of morpholine rings is 1. The summed E-state index contributed by atoms with van der Waals surface area (Å²) < 4.78 is 13.6. The molecule has 1 aliphatic carbocycles. The summed E-state index contributed by atoms with van der Waals surface area (Å²) in [4.78, 5) is 32.9. The van der Waals surface area contributed by atoms with E-state index in [2.05, 4.69) is 29.2 Å². The number of ketones is 1. The van der Waals surface area contributed by atoms with E-state index in [9.17, 15) is 9.59 Å². The molecule has 2 aliphatic heterocycles. The number of piperidine rings is 1. The molecular formula is C30H27N3O4. The van der Waals surface area contributed by atoms with Gasteiger partial charge in [0.25, 0.3) is 0 Å². The van der Waals surface area contributed by atoms with E-state index in [-0.39, 0.29) is 42.4 Å². The number of carbonyl (C=O) groups is 2. The van der Waals surface area contributed by atoms with Gasteiger partial charge in [0.1, 0.15) is 12.3 Å². The third kappa shape index (κ3) is 3.73. The molecule has 2 aromatic heterocycles. The van der Waals surface area contributed by atoms with E-state index in [1.165, 1.54) is 22.3 Å². The van der Waals surface area contributed by atoms with Crippen LogP contribution in [0.2, 0.25) is 0 Å². The Morgan fingerprint density at radius 1 is 0.919 bits per heavy atom. The Bertz CT molecular complexity index is 1450. The van der Waals surface area contributed by atoms with Gasteiger partial charge in [-0.1, -0.05) is 48.5 Å². The fraction of sp³-hybridized carbons (Fsp3) is 0.300. The van der Waals surface area contributed by atoms with Crippen molar-refractivity contribution in [3.05, 3.63) is 95.9 Å². The van der Waals surface area contributed by atoms with Crippen LogP contribution in [0.1, 0.15) is 40.2 Å². The Kier molecular flexibility index (Phi) is 5.32. The topological polar surface area (TPSA) is 73.1 Å². The first kappa shape index (κ1) is 22.2. The van der Waals surface area contributed by atoms with Gasteiger partial charge in [-0.3, -0.25) is 9.69 Å². The number of ether oxygens (including phenoxy) is 2. The minimum Gasteiger partial charge on any atom is -0.448 e. The number of hydrogen-bond donors (Lipinski definition) is 0. The van der Waals surface area contributed by atoms with Crippen molar-refractivity contribution in [3.8, 4) is 11.1 Å². The normalized spacial score (nSPS) is 22.5. The quantitative estimate of drug-likeness (QED) is 0.377. The van der Waals surface area contributed by atoms with Crippen molar-refractivity contribution in [1.29, 1.82) is 0 Å². The van der Waals surface area contributed by atoms with Gasteiger partial charge in [0.15, 0.2) is 5.78 Å². The molecule has 2 atom stereocenters. The van der Waals surface area contributed by atoms with Gasteiger partial charge in [-0.15, -0.1) is 0 Å². The largest absolute Gasteiger partial charge is 0.448 e. The van der Waals surface area contributed by atoms with Crippen LogP contribution >= 0.6 is 0 Å². The molecule has 7 nitrogen and oxygen atoms in total. The van der Waals surface area contributed by atoms with Gasteiger partial charge in [0, 0.05) is 36.0 Å². The average molecular weight is 494 g/mol. The van der Waals surface area contributed by atoms with Crippen LogP contribution < -0.4 is 0 Å². The van der Waals surface area contributed by atoms with Crippen LogP contribution in [0.5, 0.6) is 0 Å². The summed E-state index contributed by atoms with van der Waals surface area (Å²) in [6.45, 7) is 1.13. The number of fused-ring (bicyclic) bond motifs is 6. The Morgan fingerprint density at radius 2 is 1.59 bits per heavy atom. The molecular weight excluding hydrogens is 466 g/mol. The molecule has 7 rings (SSSR count). The maximum Gasteiger partial charge on any atom is 0.410 e. The molecule has 4 heterocycles. The van der Waals surface area contributed by atoms with Crippen LogP contribution in [0, 0.1) is 5.92 Å². The standard InChI is InChI=1S/C30H27N3O4/c34-29(19-9-10-28-31-11-12-32(28)15-19)20-13-21-16-36-17-22(14-20)33(21)30(35)37-18-27-25-7-3-1-5-23(25)24-6-2-4-8-26(24)27/h1-12,15,20-22,27H,13-14,16-18H2. The predicted molar refractivity (Wildman–Crippen MR) is 138 cm³/mol. The number of benzene rings is 2. The van der Waals surface area contributed by atoms with Crippen molar-refractivity contribution < 1.29 is 19.1 Å². The lowest BCUT2D eigenvalue weighted by Gasteiger charge is -2.47. The highest BCUT2D eigenvalue weighted by atomic mass is 16.6. The minimum absolute atomic E-state index is 0.0182. The molecule has 0 radical (unpaired) electrons. The number of rotatable bonds is 4. The van der Waals surface area contributed by atoms with Gasteiger partial charge in [-0.2, -0.15) is 0 Å². The first-order chi connectivity index (χ1) is 18.2. The van der Waals surface area contributed by atoms with E-state index in [4.69, 9.17) is 9.47 Å². The highest BCUT2D eigenvalue weighted by Gasteiger charge is 2.45. The summed E-state index contributed by atoms with van der Waals surface area (Å²) in [6.07, 6.45) is 6.23. The van der Waals surface area contributed by atoms with Crippen LogP contribution in [-0.2, 0) is 9.47 Å². The fourth-order valence-corrected chi connectivity index (χ4v) is 6.40. The Labute approximate surface area is 214 Å². The van der Waals surface area contributed by atoms with Crippen molar-refractivity contribution in [1.82, 2.24) is 14.3 Å². The average Bonchev–Trinajstić information content (AvgIpc) is 3.53. The molecule has 0 N–H and O–H groups in total. The zero-order valence-corrected chi connectivity index (χ0v) is 20.3. The van der Waals surface area contributed by atoms with Gasteiger partial charge < -0.3 is 13.9 Å². The lowest BCUT2D eigenvalue weighted by molar-refractivity contribution is -0.0747. The maximum absolute atomic E-state index is 13.4. The van der Waals surface area contributed by atoms with E-state index in [0.717, 1.165) is 5.65 Å². The van der Waals surface area contributed by atoms with Gasteiger partial charge in [-0.05, 0) is 47.2 Å². The third-order valence-electron chi connectivity index (χ3n) is 8.11. The van der Waals surface area contributed by atoms with Crippen molar-refractivity contribution in [2.45, 2.75) is 30.8 Å². The molecule has 2 bridgehead atoms. The van der Waals surface area contributed by atoms with Crippen LogP contribution in [0.3, 0.4) is 0 Å². The number of pyridine rings is 1. The maximum atomic E-state index is 13.4. The minimum atomic E-state index is -0.314. The number of Topliss-reactive ketones (excluding diaryl/α,β-unsaturated/α-hetero) is 1. The molecule has 2 unspecified atom stereocenters. The number of carbonyl (C=O) groups excluding carboxylic acids is 2. The first-order valence-electron chi connectivity index (χ1n) is 12.9. The highest BCUT2D eigenvalue weighted by molar-refractivity contribution is 5.98. The molecule has 37 heavy (non-hydrogen) atoms. The Balaban J connectivity index is 1.07. The monoisotopic (exact) mass is 493 g/mol. The molecule has 3 aliphatic rings. The summed E-state index contributed by atoms with van der Waals surface area (Å²) in [5.74, 6) is -0.0261. The van der Waals surface area contributed by atoms with E-state index < -0.39 is 0 Å². The summed E-state index contributed by atoms with van der Waals surface area (Å²) >= 11 is 0. The van der Waals surface area contributed by atoms with Crippen LogP contribution in [0.4, 0.5) is 4.79 Å². The molecule has 2 saturated heterocycles. The van der Waals surface area contributed by atoms with Crippen LogP contribution in [0.25, 0.3) is 16.8 Å². The van der Waals surface area contributed by atoms with Gasteiger partial charge in [0.05, 0.1) is 25.3 Å². The predicted octanol–water partition coefficient (Wildman–Crippen LogP) is 4.95. The van der Waals surface area contributed by atoms with E-state index >= 15 is 0 Å². The smallest absolute Gasteiger partial charge is 0.410 e. The lowest BCUT2D eigenvalue weighted by atomic mass is 9.81. The zero-order chi connectivity index (χ0) is 24.9. The molecule has 0 spiro atoms. The molecule has 186 valence electrons. The number of aromatic nitrogens is 2. The Morgan fingerprint density at radius 3 is 2.30 bits per heavy atom. The van der Waals surface area contributed by atoms with E-state index in [1.54, 1.807) is 6.20 Å². The summed E-state index contributed by atoms with van der Waals surface area (Å²) in [5, 5.41) is 0. The summed E-state index contributed by atoms with van der Waals surface area (Å²) in [7, 11) is 0. The molecule has 0 saturated carbocycles. The number of nitrogens with zero attached hydrogens (tertiary/aromatic N) is 3. The molecule has 1 amide bonds. The number of imidazole rings is 1. The second-order valence-electron chi connectivity index (χ2n) is 10.2. The second-order valence-corrected chi connectivity index (χ2v) is 10.2. The zero-order valence-electron chi connectivity index (χ0n) is 20.3. The second kappa shape index (κ2) is 8.85. The van der Waals surface area contributed by atoms with Crippen molar-refractivity contribution in [3.63, 3.8) is 0 Å². The van der Waals surface area contributed by atoms with Crippen LogP contribution in [-0.4, -0.2) is 58.1 Å². The van der Waals surface area contributed by atoms with E-state index in [1.807, 2.05) is 58.1 Å². The van der Waals surface area contributed by atoms with Gasteiger partial charge >= 0.3 is 6.09 Å². The van der Waals surface area contributed by atoms with Gasteiger partial charge in [0.2, 0.25) is 0 Å². The molecule has 2 fully saturated rings. The fourth-order valence-electron chi connectivity index (χ4n) is 6.40. The van der Waals surface area contributed by atoms with Crippen molar-refractivity contribution in [2.24, 2.45) is 5.92 Å².